The van der Waals surface area contributed by atoms with Gasteiger partial charge in [-0.25, -0.2) is 0 Å². The van der Waals surface area contributed by atoms with Crippen molar-refractivity contribution in [1.82, 2.24) is 0 Å². The molecule has 0 saturated heterocycles. The third-order valence-electron chi connectivity index (χ3n) is 3.04. The number of ketones is 1. The number of carbonyl (C=O) groups is 2. The second kappa shape index (κ2) is 5.50. The number of carbonyl (C=O) groups excluding carboxylic acids is 2. The summed E-state index contributed by atoms with van der Waals surface area (Å²) in [6.07, 6.45) is 0. The Balaban J connectivity index is 2.17. The van der Waals surface area contributed by atoms with E-state index in [1.165, 1.54) is 18.3 Å². The maximum Gasteiger partial charge on any atom is 0.308 e. The molecule has 0 saturated carbocycles. The fourth-order valence-electron chi connectivity index (χ4n) is 2.14. The van der Waals surface area contributed by atoms with Gasteiger partial charge in [0.1, 0.15) is 4.88 Å². The molecular formula is C17H12O3S. The highest BCUT2D eigenvalue weighted by Gasteiger charge is 2.21. The summed E-state index contributed by atoms with van der Waals surface area (Å²) >= 11 is 1.34. The van der Waals surface area contributed by atoms with E-state index in [0.29, 0.717) is 16.2 Å². The minimum absolute atomic E-state index is 0.131. The zero-order chi connectivity index (χ0) is 14.8. The predicted octanol–water partition coefficient (Wildman–Crippen LogP) is 4.06. The van der Waals surface area contributed by atoms with Crippen LogP contribution in [0.25, 0.3) is 10.1 Å². The zero-order valence-corrected chi connectivity index (χ0v) is 12.1. The molecule has 3 nitrogen and oxygen atoms in total. The van der Waals surface area contributed by atoms with Crippen LogP contribution in [0, 0.1) is 0 Å². The molecular weight excluding hydrogens is 284 g/mol. The van der Waals surface area contributed by atoms with Gasteiger partial charge in [-0.1, -0.05) is 42.5 Å². The van der Waals surface area contributed by atoms with Crippen LogP contribution in [0.15, 0.2) is 54.6 Å². The third-order valence-corrected chi connectivity index (χ3v) is 4.19. The van der Waals surface area contributed by atoms with E-state index >= 15 is 0 Å². The van der Waals surface area contributed by atoms with Crippen molar-refractivity contribution in [3.63, 3.8) is 0 Å². The van der Waals surface area contributed by atoms with Gasteiger partial charge >= 0.3 is 5.97 Å². The maximum atomic E-state index is 12.6. The molecule has 0 aliphatic rings. The van der Waals surface area contributed by atoms with Crippen molar-refractivity contribution in [3.8, 4) is 5.75 Å². The van der Waals surface area contributed by atoms with Crippen molar-refractivity contribution < 1.29 is 14.3 Å². The van der Waals surface area contributed by atoms with E-state index < -0.39 is 5.97 Å². The molecule has 21 heavy (non-hydrogen) atoms. The SMILES string of the molecule is CC(=O)Oc1c(C(=O)c2ccccc2)sc2ccccc12. The van der Waals surface area contributed by atoms with Crippen LogP contribution in [0.2, 0.25) is 0 Å². The Hall–Kier alpha value is -2.46. The first kappa shape index (κ1) is 13.5. The van der Waals surface area contributed by atoms with Crippen LogP contribution in [0.4, 0.5) is 0 Å². The first-order valence-corrected chi connectivity index (χ1v) is 7.28. The molecule has 104 valence electrons. The summed E-state index contributed by atoms with van der Waals surface area (Å²) in [5, 5.41) is 0.789. The van der Waals surface area contributed by atoms with Gasteiger partial charge in [-0.2, -0.15) is 0 Å². The summed E-state index contributed by atoms with van der Waals surface area (Å²) in [5.41, 5.74) is 0.581. The van der Waals surface area contributed by atoms with Gasteiger partial charge in [0.25, 0.3) is 0 Å². The quantitative estimate of drug-likeness (QED) is 0.541. The minimum Gasteiger partial charge on any atom is -0.424 e. The van der Waals surface area contributed by atoms with Crippen molar-refractivity contribution in [1.29, 1.82) is 0 Å². The number of thiophene rings is 1. The smallest absolute Gasteiger partial charge is 0.308 e. The van der Waals surface area contributed by atoms with Crippen molar-refractivity contribution in [2.24, 2.45) is 0 Å². The van der Waals surface area contributed by atoms with Crippen molar-refractivity contribution in [2.75, 3.05) is 0 Å². The third kappa shape index (κ3) is 2.58. The molecule has 0 unspecified atom stereocenters. The van der Waals surface area contributed by atoms with Crippen molar-refractivity contribution in [2.45, 2.75) is 6.92 Å². The van der Waals surface area contributed by atoms with Crippen LogP contribution in [0.3, 0.4) is 0 Å². The van der Waals surface area contributed by atoms with Crippen LogP contribution < -0.4 is 4.74 Å². The average Bonchev–Trinajstić information content (AvgIpc) is 2.86. The molecule has 1 heterocycles. The van der Waals surface area contributed by atoms with Gasteiger partial charge in [0.15, 0.2) is 5.75 Å². The summed E-state index contributed by atoms with van der Waals surface area (Å²) in [5.74, 6) is -0.203. The summed E-state index contributed by atoms with van der Waals surface area (Å²) in [4.78, 5) is 24.4. The van der Waals surface area contributed by atoms with E-state index in [9.17, 15) is 9.59 Å². The van der Waals surface area contributed by atoms with Gasteiger partial charge in [0, 0.05) is 22.6 Å². The first-order chi connectivity index (χ1) is 10.2. The Morgan fingerprint density at radius 3 is 2.33 bits per heavy atom. The number of ether oxygens (including phenoxy) is 1. The second-order valence-electron chi connectivity index (χ2n) is 4.55. The normalized spacial score (nSPS) is 10.5. The van der Waals surface area contributed by atoms with E-state index in [1.54, 1.807) is 12.1 Å². The van der Waals surface area contributed by atoms with Gasteiger partial charge in [-0.15, -0.1) is 11.3 Å². The monoisotopic (exact) mass is 296 g/mol. The fourth-order valence-corrected chi connectivity index (χ4v) is 3.23. The highest BCUT2D eigenvalue weighted by atomic mass is 32.1. The van der Waals surface area contributed by atoms with Gasteiger partial charge in [-0.3, -0.25) is 9.59 Å². The number of hydrogen-bond donors (Lipinski definition) is 0. The Labute approximate surface area is 125 Å². The van der Waals surface area contributed by atoms with Gasteiger partial charge < -0.3 is 4.74 Å². The minimum atomic E-state index is -0.430. The van der Waals surface area contributed by atoms with Crippen LogP contribution in [-0.2, 0) is 4.79 Å². The second-order valence-corrected chi connectivity index (χ2v) is 5.60. The lowest BCUT2D eigenvalue weighted by Gasteiger charge is -2.03. The molecule has 0 spiro atoms. The molecule has 0 bridgehead atoms. The largest absolute Gasteiger partial charge is 0.424 e. The zero-order valence-electron chi connectivity index (χ0n) is 11.3. The van der Waals surface area contributed by atoms with E-state index in [-0.39, 0.29) is 5.78 Å². The van der Waals surface area contributed by atoms with E-state index in [4.69, 9.17) is 4.74 Å². The summed E-state index contributed by atoms with van der Waals surface area (Å²) in [7, 11) is 0. The average molecular weight is 296 g/mol. The Morgan fingerprint density at radius 2 is 1.62 bits per heavy atom. The molecule has 0 N–H and O–H groups in total. The Morgan fingerprint density at radius 1 is 0.952 bits per heavy atom. The molecule has 0 aliphatic carbocycles. The van der Waals surface area contributed by atoms with Crippen molar-refractivity contribution >= 4 is 33.2 Å². The van der Waals surface area contributed by atoms with Gasteiger partial charge in [-0.05, 0) is 12.1 Å². The highest BCUT2D eigenvalue weighted by molar-refractivity contribution is 7.21. The molecule has 4 heteroatoms. The van der Waals surface area contributed by atoms with Gasteiger partial charge in [0.05, 0.1) is 0 Å². The molecule has 0 atom stereocenters. The Bertz CT molecular complexity index is 818. The molecule has 1 aromatic heterocycles. The molecule has 0 amide bonds. The first-order valence-electron chi connectivity index (χ1n) is 6.46. The maximum absolute atomic E-state index is 12.6. The van der Waals surface area contributed by atoms with Crippen LogP contribution in [0.5, 0.6) is 5.75 Å². The number of fused-ring (bicyclic) bond motifs is 1. The lowest BCUT2D eigenvalue weighted by molar-refractivity contribution is -0.131. The summed E-state index contributed by atoms with van der Waals surface area (Å²) in [6, 6.07) is 16.5. The number of hydrogen-bond acceptors (Lipinski definition) is 4. The lowest BCUT2D eigenvalue weighted by atomic mass is 10.1. The molecule has 0 fully saturated rings. The number of esters is 1. The lowest BCUT2D eigenvalue weighted by Crippen LogP contribution is -2.06. The predicted molar refractivity (Wildman–Crippen MR) is 83.0 cm³/mol. The van der Waals surface area contributed by atoms with E-state index in [0.717, 1.165) is 10.1 Å². The van der Waals surface area contributed by atoms with E-state index in [2.05, 4.69) is 0 Å². The van der Waals surface area contributed by atoms with Gasteiger partial charge in [0.2, 0.25) is 5.78 Å². The van der Waals surface area contributed by atoms with Crippen molar-refractivity contribution in [3.05, 3.63) is 65.0 Å². The fraction of sp³-hybridized carbons (Fsp3) is 0.0588. The number of benzene rings is 2. The molecule has 0 aliphatic heterocycles. The summed E-state index contributed by atoms with van der Waals surface area (Å²) in [6.45, 7) is 1.34. The van der Waals surface area contributed by atoms with Crippen LogP contribution in [-0.4, -0.2) is 11.8 Å². The molecule has 0 radical (unpaired) electrons. The van der Waals surface area contributed by atoms with Crippen LogP contribution >= 0.6 is 11.3 Å². The Kier molecular flexibility index (Phi) is 3.54. The topological polar surface area (TPSA) is 43.4 Å². The number of rotatable bonds is 3. The molecule has 2 aromatic carbocycles. The highest BCUT2D eigenvalue weighted by Crippen LogP contribution is 2.39. The van der Waals surface area contributed by atoms with Crippen LogP contribution in [0.1, 0.15) is 22.2 Å². The summed E-state index contributed by atoms with van der Waals surface area (Å²) < 4.78 is 6.22. The molecule has 3 aromatic rings. The molecule has 3 rings (SSSR count). The van der Waals surface area contributed by atoms with E-state index in [1.807, 2.05) is 42.5 Å². The standard InChI is InChI=1S/C17H12O3S/c1-11(18)20-16-13-9-5-6-10-14(13)21-17(16)15(19)12-7-3-2-4-8-12/h2-10H,1H3.